The first-order chi connectivity index (χ1) is 12.3. The van der Waals surface area contributed by atoms with Crippen molar-refractivity contribution < 1.29 is 9.53 Å². The van der Waals surface area contributed by atoms with Gasteiger partial charge < -0.3 is 4.74 Å². The number of halogens is 4. The maximum atomic E-state index is 12.5. The first-order valence-corrected chi connectivity index (χ1v) is 10.6. The minimum Gasteiger partial charge on any atom is -0.423 e. The Kier molecular flexibility index (Phi) is 7.64. The Balaban J connectivity index is 2.36. The molecule has 0 fully saturated rings. The highest BCUT2D eigenvalue weighted by molar-refractivity contribution is 9.15. The average molecular weight is 606 g/mol. The zero-order valence-electron chi connectivity index (χ0n) is 13.8. The number of rotatable bonds is 5. The Morgan fingerprint density at radius 3 is 2.31 bits per heavy atom. The Morgan fingerprint density at radius 2 is 1.69 bits per heavy atom. The maximum Gasteiger partial charge on any atom is 0.339 e. The summed E-state index contributed by atoms with van der Waals surface area (Å²) in [5.74, 6) is 0.0174. The van der Waals surface area contributed by atoms with Crippen molar-refractivity contribution in [3.05, 3.63) is 77.6 Å². The van der Waals surface area contributed by atoms with Crippen LogP contribution >= 0.6 is 63.7 Å². The van der Waals surface area contributed by atoms with Gasteiger partial charge in [0.15, 0.2) is 0 Å². The van der Waals surface area contributed by atoms with E-state index in [2.05, 4.69) is 76.9 Å². The van der Waals surface area contributed by atoms with Crippen LogP contribution in [-0.4, -0.2) is 5.97 Å². The van der Waals surface area contributed by atoms with Crippen LogP contribution in [0.5, 0.6) is 5.75 Å². The van der Waals surface area contributed by atoms with Crippen molar-refractivity contribution in [3.63, 3.8) is 0 Å². The first-order valence-electron chi connectivity index (χ1n) is 7.41. The zero-order valence-corrected chi connectivity index (χ0v) is 20.1. The minimum atomic E-state index is -0.434. The van der Waals surface area contributed by atoms with Crippen LogP contribution in [0, 0.1) is 0 Å². The van der Waals surface area contributed by atoms with Gasteiger partial charge in [0.1, 0.15) is 5.75 Å². The molecule has 26 heavy (non-hydrogen) atoms. The van der Waals surface area contributed by atoms with Gasteiger partial charge in [-0.3, -0.25) is 0 Å². The Labute approximate surface area is 186 Å². The van der Waals surface area contributed by atoms with E-state index in [1.54, 1.807) is 31.2 Å². The summed E-state index contributed by atoms with van der Waals surface area (Å²) in [5.41, 5.74) is 2.89. The highest BCUT2D eigenvalue weighted by Crippen LogP contribution is 2.39. The minimum absolute atomic E-state index is 0.434. The van der Waals surface area contributed by atoms with E-state index in [9.17, 15) is 4.79 Å². The van der Waals surface area contributed by atoms with Crippen molar-refractivity contribution in [3.8, 4) is 5.75 Å². The molecule has 0 aromatic heterocycles. The van der Waals surface area contributed by atoms with Gasteiger partial charge in [0.05, 0.1) is 0 Å². The van der Waals surface area contributed by atoms with Crippen molar-refractivity contribution in [2.24, 2.45) is 0 Å². The number of carbonyl (C=O) groups is 1. The molecule has 0 saturated carbocycles. The Morgan fingerprint density at radius 1 is 1.00 bits per heavy atom. The number of benzene rings is 2. The van der Waals surface area contributed by atoms with Gasteiger partial charge in [-0.15, -0.1) is 0 Å². The van der Waals surface area contributed by atoms with Crippen LogP contribution in [0.4, 0.5) is 0 Å². The SMILES string of the molecule is C=Cc1cccc(OC(=O)/C(C)=C/c2cc(Br)c(Br)c(Br)c2Br)c1C=C. The van der Waals surface area contributed by atoms with Crippen LogP contribution in [0.2, 0.25) is 0 Å². The molecule has 0 spiro atoms. The summed E-state index contributed by atoms with van der Waals surface area (Å²) in [5, 5.41) is 0. The molecule has 0 saturated heterocycles. The highest BCUT2D eigenvalue weighted by Gasteiger charge is 2.15. The van der Waals surface area contributed by atoms with Gasteiger partial charge in [0.2, 0.25) is 0 Å². The summed E-state index contributed by atoms with van der Waals surface area (Å²) in [4.78, 5) is 12.5. The highest BCUT2D eigenvalue weighted by atomic mass is 79.9. The lowest BCUT2D eigenvalue weighted by Crippen LogP contribution is -2.10. The maximum absolute atomic E-state index is 12.5. The van der Waals surface area contributed by atoms with E-state index in [1.165, 1.54) is 0 Å². The van der Waals surface area contributed by atoms with Gasteiger partial charge in [-0.25, -0.2) is 4.79 Å². The van der Waals surface area contributed by atoms with E-state index in [4.69, 9.17) is 4.74 Å². The lowest BCUT2D eigenvalue weighted by Gasteiger charge is -2.11. The van der Waals surface area contributed by atoms with E-state index in [0.717, 1.165) is 34.6 Å². The van der Waals surface area contributed by atoms with Crippen LogP contribution in [-0.2, 0) is 4.79 Å². The third-order valence-corrected chi connectivity index (χ3v) is 8.24. The molecule has 0 radical (unpaired) electrons. The third kappa shape index (κ3) is 4.66. The van der Waals surface area contributed by atoms with E-state index >= 15 is 0 Å². The van der Waals surface area contributed by atoms with Crippen molar-refractivity contribution in [2.45, 2.75) is 6.92 Å². The molecular formula is C20H14Br4O2. The summed E-state index contributed by atoms with van der Waals surface area (Å²) in [7, 11) is 0. The van der Waals surface area contributed by atoms with Gasteiger partial charge in [0.25, 0.3) is 0 Å². The monoisotopic (exact) mass is 602 g/mol. The van der Waals surface area contributed by atoms with Crippen LogP contribution in [0.1, 0.15) is 23.6 Å². The summed E-state index contributed by atoms with van der Waals surface area (Å²) in [6.07, 6.45) is 5.11. The standard InChI is InChI=1S/C20H14Br4O2/c1-4-12-7-6-8-16(14(12)5-2)26-20(25)11(3)9-13-10-15(21)18(23)19(24)17(13)22/h4-10H,1-2H2,3H3/b11-9+. The molecule has 2 aromatic rings. The number of carbonyl (C=O) groups excluding carboxylic acids is 1. The molecule has 0 amide bonds. The van der Waals surface area contributed by atoms with Gasteiger partial charge in [-0.05, 0) is 100.0 Å². The fourth-order valence-electron chi connectivity index (χ4n) is 2.22. The van der Waals surface area contributed by atoms with Crippen molar-refractivity contribution in [1.29, 1.82) is 0 Å². The van der Waals surface area contributed by atoms with Crippen molar-refractivity contribution >= 4 is 87.9 Å². The second-order valence-electron chi connectivity index (χ2n) is 5.27. The molecule has 2 rings (SSSR count). The molecule has 6 heteroatoms. The summed E-state index contributed by atoms with van der Waals surface area (Å²) in [6.45, 7) is 9.26. The van der Waals surface area contributed by atoms with Crippen LogP contribution < -0.4 is 4.74 Å². The fourth-order valence-corrected chi connectivity index (χ4v) is 4.37. The van der Waals surface area contributed by atoms with Gasteiger partial charge in [-0.2, -0.15) is 0 Å². The van der Waals surface area contributed by atoms with Gasteiger partial charge in [0, 0.05) is 29.0 Å². The lowest BCUT2D eigenvalue weighted by atomic mass is 10.1. The molecule has 0 N–H and O–H groups in total. The second kappa shape index (κ2) is 9.31. The quantitative estimate of drug-likeness (QED) is 0.113. The molecule has 2 aromatic carbocycles. The predicted octanol–water partition coefficient (Wildman–Crippen LogP) is 8.03. The second-order valence-corrected chi connectivity index (χ2v) is 8.51. The molecule has 0 aliphatic rings. The Hall–Kier alpha value is -0.950. The predicted molar refractivity (Wildman–Crippen MR) is 123 cm³/mol. The number of hydrogen-bond donors (Lipinski definition) is 0. The van der Waals surface area contributed by atoms with Crippen molar-refractivity contribution in [2.75, 3.05) is 0 Å². The van der Waals surface area contributed by atoms with Crippen molar-refractivity contribution in [1.82, 2.24) is 0 Å². The molecular weight excluding hydrogens is 592 g/mol. The molecule has 0 aliphatic heterocycles. The van der Waals surface area contributed by atoms with E-state index in [0.29, 0.717) is 11.3 Å². The molecule has 0 heterocycles. The third-order valence-electron chi connectivity index (χ3n) is 3.55. The normalized spacial score (nSPS) is 11.2. The summed E-state index contributed by atoms with van der Waals surface area (Å²) in [6, 6.07) is 7.34. The van der Waals surface area contributed by atoms with Gasteiger partial charge in [-0.1, -0.05) is 37.4 Å². The molecule has 134 valence electrons. The van der Waals surface area contributed by atoms with E-state index < -0.39 is 5.97 Å². The fraction of sp³-hybridized carbons (Fsp3) is 0.0500. The van der Waals surface area contributed by atoms with Gasteiger partial charge >= 0.3 is 5.97 Å². The van der Waals surface area contributed by atoms with E-state index in [-0.39, 0.29) is 0 Å². The molecule has 0 bridgehead atoms. The molecule has 0 aliphatic carbocycles. The topological polar surface area (TPSA) is 26.3 Å². The average Bonchev–Trinajstić information content (AvgIpc) is 2.63. The number of esters is 1. The molecule has 0 unspecified atom stereocenters. The Bertz CT molecular complexity index is 930. The summed E-state index contributed by atoms with van der Waals surface area (Å²) >= 11 is 14.0. The first kappa shape index (κ1) is 21.4. The number of ether oxygens (including phenoxy) is 1. The largest absolute Gasteiger partial charge is 0.423 e. The van der Waals surface area contributed by atoms with Crippen LogP contribution in [0.25, 0.3) is 18.2 Å². The van der Waals surface area contributed by atoms with E-state index in [1.807, 2.05) is 18.2 Å². The number of hydrogen-bond acceptors (Lipinski definition) is 2. The zero-order chi connectivity index (χ0) is 19.4. The molecule has 0 atom stereocenters. The lowest BCUT2D eigenvalue weighted by molar-refractivity contribution is -0.130. The smallest absolute Gasteiger partial charge is 0.339 e. The molecule has 2 nitrogen and oxygen atoms in total. The summed E-state index contributed by atoms with van der Waals surface area (Å²) < 4.78 is 9.01. The van der Waals surface area contributed by atoms with Crippen LogP contribution in [0.3, 0.4) is 0 Å². The van der Waals surface area contributed by atoms with Crippen LogP contribution in [0.15, 0.2) is 60.9 Å².